The molecule has 2 N–H and O–H groups in total. The second-order valence-electron chi connectivity index (χ2n) is 4.36. The Bertz CT molecular complexity index is 202. The van der Waals surface area contributed by atoms with Crippen LogP contribution >= 0.6 is 0 Å². The van der Waals surface area contributed by atoms with E-state index in [-0.39, 0.29) is 24.7 Å². The molecule has 1 fully saturated rings. The molecule has 1 amide bonds. The fourth-order valence-electron chi connectivity index (χ4n) is 2.00. The number of amides is 1. The standard InChI is InChI=1S/C12H23NO3/c1-2-10(7-8-14)13-12(15)6-5-11-4-3-9-16-11/h10-11,14H,2-9H2,1H3,(H,13,15). The van der Waals surface area contributed by atoms with Crippen molar-refractivity contribution in [2.45, 2.75) is 57.6 Å². The van der Waals surface area contributed by atoms with Crippen LogP contribution in [-0.4, -0.2) is 36.4 Å². The van der Waals surface area contributed by atoms with Crippen molar-refractivity contribution in [1.29, 1.82) is 0 Å². The molecule has 0 bridgehead atoms. The van der Waals surface area contributed by atoms with Gasteiger partial charge in [0.1, 0.15) is 0 Å². The Labute approximate surface area is 97.4 Å². The Kier molecular flexibility index (Phi) is 6.42. The second kappa shape index (κ2) is 7.63. The minimum absolute atomic E-state index is 0.0794. The van der Waals surface area contributed by atoms with E-state index in [1.165, 1.54) is 0 Å². The summed E-state index contributed by atoms with van der Waals surface area (Å²) in [4.78, 5) is 11.6. The van der Waals surface area contributed by atoms with Gasteiger partial charge in [-0.1, -0.05) is 6.92 Å². The molecule has 2 atom stereocenters. The van der Waals surface area contributed by atoms with Crippen molar-refractivity contribution in [2.24, 2.45) is 0 Å². The van der Waals surface area contributed by atoms with Crippen molar-refractivity contribution in [3.05, 3.63) is 0 Å². The summed E-state index contributed by atoms with van der Waals surface area (Å²) in [6.45, 7) is 2.99. The number of hydrogen-bond donors (Lipinski definition) is 2. The topological polar surface area (TPSA) is 58.6 Å². The summed E-state index contributed by atoms with van der Waals surface area (Å²) in [7, 11) is 0. The average molecular weight is 229 g/mol. The van der Waals surface area contributed by atoms with Crippen LogP contribution in [0.3, 0.4) is 0 Å². The summed E-state index contributed by atoms with van der Waals surface area (Å²) >= 11 is 0. The fourth-order valence-corrected chi connectivity index (χ4v) is 2.00. The van der Waals surface area contributed by atoms with Crippen LogP contribution in [0.15, 0.2) is 0 Å². The highest BCUT2D eigenvalue weighted by molar-refractivity contribution is 5.76. The Morgan fingerprint density at radius 2 is 2.44 bits per heavy atom. The van der Waals surface area contributed by atoms with Gasteiger partial charge in [0.25, 0.3) is 0 Å². The van der Waals surface area contributed by atoms with Crippen molar-refractivity contribution >= 4 is 5.91 Å². The van der Waals surface area contributed by atoms with Gasteiger partial charge in [-0.3, -0.25) is 4.79 Å². The van der Waals surface area contributed by atoms with Gasteiger partial charge in [-0.2, -0.15) is 0 Å². The molecule has 1 aliphatic rings. The third-order valence-corrected chi connectivity index (χ3v) is 3.05. The first-order chi connectivity index (χ1) is 7.76. The first-order valence-corrected chi connectivity index (χ1v) is 6.28. The van der Waals surface area contributed by atoms with Crippen molar-refractivity contribution in [1.82, 2.24) is 5.32 Å². The van der Waals surface area contributed by atoms with Gasteiger partial charge < -0.3 is 15.2 Å². The Balaban J connectivity index is 2.13. The van der Waals surface area contributed by atoms with E-state index in [1.54, 1.807) is 0 Å². The zero-order valence-electron chi connectivity index (χ0n) is 10.1. The van der Waals surface area contributed by atoms with Gasteiger partial charge >= 0.3 is 0 Å². The SMILES string of the molecule is CCC(CCO)NC(=O)CCC1CCCO1. The van der Waals surface area contributed by atoms with Gasteiger partial charge in [-0.15, -0.1) is 0 Å². The first kappa shape index (κ1) is 13.5. The molecule has 0 radical (unpaired) electrons. The van der Waals surface area contributed by atoms with Crippen LogP contribution in [0.2, 0.25) is 0 Å². The number of rotatable bonds is 7. The zero-order valence-corrected chi connectivity index (χ0v) is 10.1. The number of ether oxygens (including phenoxy) is 1. The minimum Gasteiger partial charge on any atom is -0.396 e. The van der Waals surface area contributed by atoms with E-state index in [9.17, 15) is 4.79 Å². The summed E-state index contributed by atoms with van der Waals surface area (Å²) in [5, 5.41) is 11.7. The van der Waals surface area contributed by atoms with Crippen LogP contribution < -0.4 is 5.32 Å². The molecule has 0 aliphatic carbocycles. The monoisotopic (exact) mass is 229 g/mol. The summed E-state index contributed by atoms with van der Waals surface area (Å²) in [5.74, 6) is 0.0794. The molecule has 1 heterocycles. The first-order valence-electron chi connectivity index (χ1n) is 6.28. The number of aliphatic hydroxyl groups is 1. The second-order valence-corrected chi connectivity index (χ2v) is 4.36. The molecule has 16 heavy (non-hydrogen) atoms. The molecule has 4 nitrogen and oxygen atoms in total. The van der Waals surface area contributed by atoms with Crippen LogP contribution in [0.1, 0.15) is 45.4 Å². The number of carbonyl (C=O) groups is 1. The molecule has 0 aromatic carbocycles. The van der Waals surface area contributed by atoms with Gasteiger partial charge in [0.05, 0.1) is 6.10 Å². The van der Waals surface area contributed by atoms with Crippen LogP contribution in [-0.2, 0) is 9.53 Å². The van der Waals surface area contributed by atoms with Gasteiger partial charge in [-0.05, 0) is 32.1 Å². The summed E-state index contributed by atoms with van der Waals surface area (Å²) in [5.41, 5.74) is 0. The molecule has 4 heteroatoms. The van der Waals surface area contributed by atoms with Crippen molar-refractivity contribution < 1.29 is 14.6 Å². The van der Waals surface area contributed by atoms with E-state index in [1.807, 2.05) is 6.92 Å². The fraction of sp³-hybridized carbons (Fsp3) is 0.917. The van der Waals surface area contributed by atoms with Crippen LogP contribution in [0.25, 0.3) is 0 Å². The predicted molar refractivity (Wildman–Crippen MR) is 62.1 cm³/mol. The molecule has 1 aliphatic heterocycles. The van der Waals surface area contributed by atoms with E-state index in [0.29, 0.717) is 12.8 Å². The molecule has 1 rings (SSSR count). The minimum atomic E-state index is 0.0794. The zero-order chi connectivity index (χ0) is 11.8. The summed E-state index contributed by atoms with van der Waals surface area (Å²) < 4.78 is 5.46. The third kappa shape index (κ3) is 4.94. The molecule has 0 spiro atoms. The highest BCUT2D eigenvalue weighted by atomic mass is 16.5. The maximum atomic E-state index is 11.6. The summed E-state index contributed by atoms with van der Waals surface area (Å²) in [6.07, 6.45) is 5.35. The number of nitrogens with one attached hydrogen (secondary N) is 1. The van der Waals surface area contributed by atoms with E-state index in [4.69, 9.17) is 9.84 Å². The Morgan fingerprint density at radius 1 is 1.62 bits per heavy atom. The van der Waals surface area contributed by atoms with E-state index < -0.39 is 0 Å². The lowest BCUT2D eigenvalue weighted by Gasteiger charge is -2.16. The lowest BCUT2D eigenvalue weighted by atomic mass is 10.1. The van der Waals surface area contributed by atoms with Gasteiger partial charge in [0.15, 0.2) is 0 Å². The Morgan fingerprint density at radius 3 is 3.00 bits per heavy atom. The lowest BCUT2D eigenvalue weighted by Crippen LogP contribution is -2.35. The maximum absolute atomic E-state index is 11.6. The van der Waals surface area contributed by atoms with Gasteiger partial charge in [0.2, 0.25) is 5.91 Å². The highest BCUT2D eigenvalue weighted by Gasteiger charge is 2.17. The molecule has 1 saturated heterocycles. The largest absolute Gasteiger partial charge is 0.396 e. The van der Waals surface area contributed by atoms with E-state index in [0.717, 1.165) is 32.3 Å². The number of carbonyl (C=O) groups excluding carboxylic acids is 1. The average Bonchev–Trinajstić information content (AvgIpc) is 2.78. The lowest BCUT2D eigenvalue weighted by molar-refractivity contribution is -0.122. The molecule has 0 aromatic rings. The molecule has 0 saturated carbocycles. The third-order valence-electron chi connectivity index (χ3n) is 3.05. The smallest absolute Gasteiger partial charge is 0.220 e. The quantitative estimate of drug-likeness (QED) is 0.690. The number of hydrogen-bond acceptors (Lipinski definition) is 3. The highest BCUT2D eigenvalue weighted by Crippen LogP contribution is 2.16. The maximum Gasteiger partial charge on any atom is 0.220 e. The number of aliphatic hydroxyl groups excluding tert-OH is 1. The van der Waals surface area contributed by atoms with E-state index in [2.05, 4.69) is 5.32 Å². The van der Waals surface area contributed by atoms with Crippen LogP contribution in [0, 0.1) is 0 Å². The van der Waals surface area contributed by atoms with Crippen molar-refractivity contribution in [3.8, 4) is 0 Å². The van der Waals surface area contributed by atoms with Crippen molar-refractivity contribution in [3.63, 3.8) is 0 Å². The molecule has 2 unspecified atom stereocenters. The molecular formula is C12H23NO3. The molecule has 94 valence electrons. The van der Waals surface area contributed by atoms with Gasteiger partial charge in [0, 0.05) is 25.7 Å². The van der Waals surface area contributed by atoms with Crippen LogP contribution in [0.5, 0.6) is 0 Å². The summed E-state index contributed by atoms with van der Waals surface area (Å²) in [6, 6.07) is 0.113. The van der Waals surface area contributed by atoms with Crippen molar-refractivity contribution in [2.75, 3.05) is 13.2 Å². The molecular weight excluding hydrogens is 206 g/mol. The van der Waals surface area contributed by atoms with Gasteiger partial charge in [-0.25, -0.2) is 0 Å². The normalized spacial score (nSPS) is 22.0. The van der Waals surface area contributed by atoms with Crippen LogP contribution in [0.4, 0.5) is 0 Å². The van der Waals surface area contributed by atoms with E-state index >= 15 is 0 Å². The Hall–Kier alpha value is -0.610. The predicted octanol–water partition coefficient (Wildman–Crippen LogP) is 1.22. The molecule has 0 aromatic heterocycles.